The summed E-state index contributed by atoms with van der Waals surface area (Å²) in [7, 11) is 0. The fraction of sp³-hybridized carbons (Fsp3) is 1.00. The average molecular weight is 171 g/mol. The zero-order valence-electron chi connectivity index (χ0n) is 7.45. The van der Waals surface area contributed by atoms with E-state index in [0.717, 1.165) is 19.3 Å². The van der Waals surface area contributed by atoms with Crippen molar-refractivity contribution >= 4 is 0 Å². The lowest BCUT2D eigenvalue weighted by Gasteiger charge is -2.39. The highest BCUT2D eigenvalue weighted by molar-refractivity contribution is 5.12. The van der Waals surface area contributed by atoms with Crippen molar-refractivity contribution in [1.82, 2.24) is 5.32 Å². The summed E-state index contributed by atoms with van der Waals surface area (Å²) in [5, 5.41) is 22.5. The van der Waals surface area contributed by atoms with Gasteiger partial charge in [-0.3, -0.25) is 0 Å². The first kappa shape index (κ1) is 8.48. The van der Waals surface area contributed by atoms with Gasteiger partial charge in [0.2, 0.25) is 0 Å². The summed E-state index contributed by atoms with van der Waals surface area (Å²) in [5.41, 5.74) is 0.188. The third-order valence-corrected chi connectivity index (χ3v) is 3.41. The molecule has 0 aromatic carbocycles. The van der Waals surface area contributed by atoms with Crippen LogP contribution in [-0.4, -0.2) is 34.5 Å². The number of nitrogens with one attached hydrogen (secondary N) is 1. The maximum absolute atomic E-state index is 9.72. The number of β-amino-alcohol motifs (C(OH)–C–C–N with tert-alkyl or cyclic N) is 1. The molecule has 1 spiro atoms. The minimum absolute atomic E-state index is 0.188. The molecule has 3 nitrogen and oxygen atoms in total. The minimum Gasteiger partial charge on any atom is -0.390 e. The van der Waals surface area contributed by atoms with E-state index in [2.05, 4.69) is 12.2 Å². The second-order valence-electron chi connectivity index (χ2n) is 4.11. The molecule has 1 saturated heterocycles. The van der Waals surface area contributed by atoms with Crippen LogP contribution in [0.2, 0.25) is 0 Å². The van der Waals surface area contributed by atoms with Crippen LogP contribution in [0.25, 0.3) is 0 Å². The summed E-state index contributed by atoms with van der Waals surface area (Å²) >= 11 is 0. The Labute approximate surface area is 72.8 Å². The van der Waals surface area contributed by atoms with Gasteiger partial charge in [0.1, 0.15) is 0 Å². The van der Waals surface area contributed by atoms with Crippen molar-refractivity contribution in [1.29, 1.82) is 0 Å². The van der Waals surface area contributed by atoms with Gasteiger partial charge in [0.05, 0.1) is 12.2 Å². The molecule has 1 aliphatic carbocycles. The van der Waals surface area contributed by atoms with Gasteiger partial charge < -0.3 is 15.5 Å². The van der Waals surface area contributed by atoms with Crippen molar-refractivity contribution in [2.75, 3.05) is 6.54 Å². The number of aliphatic hydroxyl groups is 2. The maximum Gasteiger partial charge on any atom is 0.0926 e. The highest BCUT2D eigenvalue weighted by Gasteiger charge is 2.54. The number of aliphatic hydroxyl groups excluding tert-OH is 2. The Hall–Kier alpha value is -0.120. The van der Waals surface area contributed by atoms with Crippen LogP contribution in [0.3, 0.4) is 0 Å². The third kappa shape index (κ3) is 1.08. The van der Waals surface area contributed by atoms with Gasteiger partial charge in [-0.05, 0) is 19.3 Å². The Morgan fingerprint density at radius 1 is 1.42 bits per heavy atom. The topological polar surface area (TPSA) is 52.5 Å². The fourth-order valence-corrected chi connectivity index (χ4v) is 2.47. The zero-order valence-corrected chi connectivity index (χ0v) is 7.45. The van der Waals surface area contributed by atoms with Crippen molar-refractivity contribution in [2.45, 2.75) is 43.9 Å². The highest BCUT2D eigenvalue weighted by atomic mass is 16.3. The number of hydrogen-bond acceptors (Lipinski definition) is 3. The van der Waals surface area contributed by atoms with E-state index in [1.54, 1.807) is 0 Å². The van der Waals surface area contributed by atoms with Crippen LogP contribution in [0.1, 0.15) is 26.2 Å². The standard InChI is InChI=1S/C9H17NO2/c1-2-6-8(12)7(11)5-10-9(6)3-4-9/h6-8,10-12H,2-5H2,1H3/t6-,7-,8-/m1/s1. The van der Waals surface area contributed by atoms with Crippen molar-refractivity contribution < 1.29 is 10.2 Å². The lowest BCUT2D eigenvalue weighted by molar-refractivity contribution is -0.0581. The predicted molar refractivity (Wildman–Crippen MR) is 45.8 cm³/mol. The van der Waals surface area contributed by atoms with Crippen molar-refractivity contribution in [3.05, 3.63) is 0 Å². The van der Waals surface area contributed by atoms with Gasteiger partial charge in [-0.1, -0.05) is 6.92 Å². The molecular weight excluding hydrogens is 154 g/mol. The molecule has 0 bridgehead atoms. The summed E-state index contributed by atoms with van der Waals surface area (Å²) in [5.74, 6) is 0.251. The van der Waals surface area contributed by atoms with Gasteiger partial charge in [0, 0.05) is 18.0 Å². The lowest BCUT2D eigenvalue weighted by Crippen LogP contribution is -2.57. The molecule has 0 unspecified atom stereocenters. The predicted octanol–water partition coefficient (Wildman–Crippen LogP) is -0.130. The van der Waals surface area contributed by atoms with Gasteiger partial charge >= 0.3 is 0 Å². The molecule has 1 heterocycles. The van der Waals surface area contributed by atoms with E-state index >= 15 is 0 Å². The van der Waals surface area contributed by atoms with Crippen LogP contribution in [0, 0.1) is 5.92 Å². The van der Waals surface area contributed by atoms with E-state index in [-0.39, 0.29) is 11.5 Å². The van der Waals surface area contributed by atoms with E-state index in [1.165, 1.54) is 0 Å². The summed E-state index contributed by atoms with van der Waals surface area (Å²) in [6, 6.07) is 0. The fourth-order valence-electron chi connectivity index (χ4n) is 2.47. The molecule has 2 aliphatic rings. The molecule has 2 rings (SSSR count). The Kier molecular flexibility index (Phi) is 1.90. The quantitative estimate of drug-likeness (QED) is 0.515. The molecule has 12 heavy (non-hydrogen) atoms. The molecule has 0 radical (unpaired) electrons. The Balaban J connectivity index is 2.11. The number of piperidine rings is 1. The highest BCUT2D eigenvalue weighted by Crippen LogP contribution is 2.47. The van der Waals surface area contributed by atoms with Crippen LogP contribution in [0.5, 0.6) is 0 Å². The van der Waals surface area contributed by atoms with E-state index < -0.39 is 12.2 Å². The molecule has 0 aromatic rings. The molecule has 0 aromatic heterocycles. The molecule has 0 amide bonds. The van der Waals surface area contributed by atoms with Crippen LogP contribution < -0.4 is 5.32 Å². The van der Waals surface area contributed by atoms with Gasteiger partial charge in [-0.15, -0.1) is 0 Å². The van der Waals surface area contributed by atoms with Gasteiger partial charge in [0.15, 0.2) is 0 Å². The van der Waals surface area contributed by atoms with Gasteiger partial charge in [-0.25, -0.2) is 0 Å². The second kappa shape index (κ2) is 2.69. The average Bonchev–Trinajstić information content (AvgIpc) is 2.81. The summed E-state index contributed by atoms with van der Waals surface area (Å²) < 4.78 is 0. The van der Waals surface area contributed by atoms with Gasteiger partial charge in [-0.2, -0.15) is 0 Å². The van der Waals surface area contributed by atoms with E-state index in [0.29, 0.717) is 6.54 Å². The van der Waals surface area contributed by atoms with Crippen LogP contribution in [-0.2, 0) is 0 Å². The summed E-state index contributed by atoms with van der Waals surface area (Å²) in [6.45, 7) is 2.63. The van der Waals surface area contributed by atoms with Crippen LogP contribution >= 0.6 is 0 Å². The Bertz CT molecular complexity index is 179. The summed E-state index contributed by atoms with van der Waals surface area (Å²) in [6.07, 6.45) is 2.19. The smallest absolute Gasteiger partial charge is 0.0926 e. The lowest BCUT2D eigenvalue weighted by atomic mass is 9.82. The zero-order chi connectivity index (χ0) is 8.77. The SMILES string of the molecule is CC[C@@H]1[C@@H](O)[C@H](O)CNC12CC2. The molecule has 3 heteroatoms. The van der Waals surface area contributed by atoms with Crippen LogP contribution in [0.4, 0.5) is 0 Å². The molecule has 1 saturated carbocycles. The molecular formula is C9H17NO2. The summed E-state index contributed by atoms with van der Waals surface area (Å²) in [4.78, 5) is 0. The molecule has 2 fully saturated rings. The molecule has 3 N–H and O–H groups in total. The second-order valence-corrected chi connectivity index (χ2v) is 4.11. The van der Waals surface area contributed by atoms with Gasteiger partial charge in [0.25, 0.3) is 0 Å². The minimum atomic E-state index is -0.568. The van der Waals surface area contributed by atoms with E-state index in [4.69, 9.17) is 0 Å². The number of hydrogen-bond donors (Lipinski definition) is 3. The Morgan fingerprint density at radius 2 is 2.08 bits per heavy atom. The first-order valence-corrected chi connectivity index (χ1v) is 4.81. The first-order valence-electron chi connectivity index (χ1n) is 4.81. The normalized spacial score (nSPS) is 44.8. The monoisotopic (exact) mass is 171 g/mol. The van der Waals surface area contributed by atoms with Crippen molar-refractivity contribution in [3.8, 4) is 0 Å². The number of rotatable bonds is 1. The van der Waals surface area contributed by atoms with E-state index in [9.17, 15) is 10.2 Å². The Morgan fingerprint density at radius 3 is 2.58 bits per heavy atom. The molecule has 70 valence electrons. The largest absolute Gasteiger partial charge is 0.390 e. The van der Waals surface area contributed by atoms with Crippen molar-refractivity contribution in [3.63, 3.8) is 0 Å². The van der Waals surface area contributed by atoms with E-state index in [1.807, 2.05) is 0 Å². The van der Waals surface area contributed by atoms with Crippen LogP contribution in [0.15, 0.2) is 0 Å². The third-order valence-electron chi connectivity index (χ3n) is 3.41. The molecule has 3 atom stereocenters. The van der Waals surface area contributed by atoms with Crippen molar-refractivity contribution in [2.24, 2.45) is 5.92 Å². The molecule has 1 aliphatic heterocycles. The maximum atomic E-state index is 9.72. The first-order chi connectivity index (χ1) is 5.69.